The van der Waals surface area contributed by atoms with E-state index in [4.69, 9.17) is 0 Å². The molecule has 1 saturated carbocycles. The van der Waals surface area contributed by atoms with Gasteiger partial charge in [-0.15, -0.1) is 0 Å². The quantitative estimate of drug-likeness (QED) is 0.792. The lowest BCUT2D eigenvalue weighted by atomic mass is 9.80. The molecule has 1 aromatic carbocycles. The largest absolute Gasteiger partial charge is 0.389 e. The average molecular weight is 262 g/mol. The minimum absolute atomic E-state index is 0.429. The van der Waals surface area contributed by atoms with Gasteiger partial charge < -0.3 is 15.3 Å². The second-order valence-corrected chi connectivity index (χ2v) is 5.52. The van der Waals surface area contributed by atoms with E-state index in [0.29, 0.717) is 6.54 Å². The highest BCUT2D eigenvalue weighted by atomic mass is 16.3. The molecule has 1 fully saturated rings. The standard InChI is InChI=1S/C16H26N2O/c1-3-18(4-2)15-8-6-14(7-9-15)12-17-13-16(19)10-5-11-16/h6-9,17,19H,3-5,10-13H2,1-2H3. The van der Waals surface area contributed by atoms with Crippen molar-refractivity contribution in [3.8, 4) is 0 Å². The van der Waals surface area contributed by atoms with E-state index in [9.17, 15) is 5.11 Å². The highest BCUT2D eigenvalue weighted by Gasteiger charge is 2.33. The lowest BCUT2D eigenvalue weighted by Gasteiger charge is -2.36. The molecule has 106 valence electrons. The van der Waals surface area contributed by atoms with Gasteiger partial charge in [0.05, 0.1) is 5.60 Å². The second kappa shape index (κ2) is 6.40. The molecule has 2 rings (SSSR count). The highest BCUT2D eigenvalue weighted by molar-refractivity contribution is 5.47. The molecule has 0 amide bonds. The van der Waals surface area contributed by atoms with Gasteiger partial charge in [0, 0.05) is 31.9 Å². The van der Waals surface area contributed by atoms with Crippen LogP contribution in [-0.4, -0.2) is 30.3 Å². The van der Waals surface area contributed by atoms with Crippen molar-refractivity contribution in [1.29, 1.82) is 0 Å². The van der Waals surface area contributed by atoms with E-state index in [1.807, 2.05) is 0 Å². The monoisotopic (exact) mass is 262 g/mol. The Kier molecular flexibility index (Phi) is 4.83. The number of aliphatic hydroxyl groups is 1. The molecule has 1 aliphatic carbocycles. The summed E-state index contributed by atoms with van der Waals surface area (Å²) in [4.78, 5) is 2.34. The van der Waals surface area contributed by atoms with Crippen molar-refractivity contribution in [2.75, 3.05) is 24.5 Å². The molecule has 3 nitrogen and oxygen atoms in total. The highest BCUT2D eigenvalue weighted by Crippen LogP contribution is 2.30. The summed E-state index contributed by atoms with van der Waals surface area (Å²) in [5.74, 6) is 0. The topological polar surface area (TPSA) is 35.5 Å². The summed E-state index contributed by atoms with van der Waals surface area (Å²) in [7, 11) is 0. The van der Waals surface area contributed by atoms with Crippen LogP contribution in [0, 0.1) is 0 Å². The van der Waals surface area contributed by atoms with Gasteiger partial charge >= 0.3 is 0 Å². The molecule has 0 spiro atoms. The fourth-order valence-electron chi connectivity index (χ4n) is 2.61. The Morgan fingerprint density at radius 1 is 1.16 bits per heavy atom. The number of hydrogen-bond acceptors (Lipinski definition) is 3. The minimum Gasteiger partial charge on any atom is -0.389 e. The summed E-state index contributed by atoms with van der Waals surface area (Å²) in [6.07, 6.45) is 3.05. The third-order valence-electron chi connectivity index (χ3n) is 4.13. The SMILES string of the molecule is CCN(CC)c1ccc(CNCC2(O)CCC2)cc1. The molecule has 1 aromatic rings. The zero-order chi connectivity index (χ0) is 13.7. The Morgan fingerprint density at radius 3 is 2.26 bits per heavy atom. The van der Waals surface area contributed by atoms with Gasteiger partial charge in [-0.25, -0.2) is 0 Å². The number of rotatable bonds is 7. The van der Waals surface area contributed by atoms with Gasteiger partial charge in [0.2, 0.25) is 0 Å². The number of benzene rings is 1. The third-order valence-corrected chi connectivity index (χ3v) is 4.13. The summed E-state index contributed by atoms with van der Waals surface area (Å²) in [6, 6.07) is 8.71. The van der Waals surface area contributed by atoms with Crippen molar-refractivity contribution in [3.05, 3.63) is 29.8 Å². The summed E-state index contributed by atoms with van der Waals surface area (Å²) in [5, 5.41) is 13.4. The first-order valence-corrected chi connectivity index (χ1v) is 7.44. The van der Waals surface area contributed by atoms with Crippen LogP contribution in [0.25, 0.3) is 0 Å². The third kappa shape index (κ3) is 3.71. The molecular formula is C16H26N2O. The number of nitrogens with one attached hydrogen (secondary N) is 1. The Balaban J connectivity index is 1.81. The van der Waals surface area contributed by atoms with E-state index >= 15 is 0 Å². The van der Waals surface area contributed by atoms with Crippen molar-refractivity contribution >= 4 is 5.69 Å². The van der Waals surface area contributed by atoms with Crippen LogP contribution in [0.2, 0.25) is 0 Å². The van der Waals surface area contributed by atoms with Crippen LogP contribution >= 0.6 is 0 Å². The number of nitrogens with zero attached hydrogens (tertiary/aromatic N) is 1. The summed E-state index contributed by atoms with van der Waals surface area (Å²) in [6.45, 7) is 7.99. The van der Waals surface area contributed by atoms with E-state index < -0.39 is 5.60 Å². The molecule has 0 bridgehead atoms. The summed E-state index contributed by atoms with van der Waals surface area (Å²) < 4.78 is 0. The molecule has 3 heteroatoms. The van der Waals surface area contributed by atoms with Gasteiger partial charge in [-0.05, 0) is 50.8 Å². The molecule has 0 aliphatic heterocycles. The average Bonchev–Trinajstić information content (AvgIpc) is 2.40. The molecule has 0 atom stereocenters. The first kappa shape index (κ1) is 14.4. The predicted octanol–water partition coefficient (Wildman–Crippen LogP) is 2.54. The molecule has 0 heterocycles. The maximum absolute atomic E-state index is 10.00. The van der Waals surface area contributed by atoms with E-state index in [0.717, 1.165) is 38.9 Å². The van der Waals surface area contributed by atoms with E-state index in [-0.39, 0.29) is 0 Å². The van der Waals surface area contributed by atoms with E-state index in [2.05, 4.69) is 48.3 Å². The minimum atomic E-state index is -0.429. The van der Waals surface area contributed by atoms with Crippen molar-refractivity contribution < 1.29 is 5.11 Å². The molecule has 0 aromatic heterocycles. The van der Waals surface area contributed by atoms with Gasteiger partial charge in [0.15, 0.2) is 0 Å². The predicted molar refractivity (Wildman–Crippen MR) is 80.5 cm³/mol. The fraction of sp³-hybridized carbons (Fsp3) is 0.625. The van der Waals surface area contributed by atoms with Gasteiger partial charge in [-0.1, -0.05) is 12.1 Å². The zero-order valence-electron chi connectivity index (χ0n) is 12.2. The molecule has 2 N–H and O–H groups in total. The molecule has 19 heavy (non-hydrogen) atoms. The molecule has 0 unspecified atom stereocenters. The van der Waals surface area contributed by atoms with Crippen LogP contribution in [0.5, 0.6) is 0 Å². The summed E-state index contributed by atoms with van der Waals surface area (Å²) in [5.41, 5.74) is 2.13. The normalized spacial score (nSPS) is 17.0. The van der Waals surface area contributed by atoms with Gasteiger partial charge in [-0.2, -0.15) is 0 Å². The van der Waals surface area contributed by atoms with Crippen LogP contribution in [0.3, 0.4) is 0 Å². The van der Waals surface area contributed by atoms with Gasteiger partial charge in [0.25, 0.3) is 0 Å². The Labute approximate surface area is 116 Å². The van der Waals surface area contributed by atoms with E-state index in [1.165, 1.54) is 11.3 Å². The number of anilines is 1. The summed E-state index contributed by atoms with van der Waals surface area (Å²) >= 11 is 0. The van der Waals surface area contributed by atoms with Gasteiger partial charge in [0.1, 0.15) is 0 Å². The van der Waals surface area contributed by atoms with Crippen LogP contribution in [-0.2, 0) is 6.54 Å². The Bertz CT molecular complexity index is 380. The van der Waals surface area contributed by atoms with Crippen molar-refractivity contribution in [2.24, 2.45) is 0 Å². The maximum Gasteiger partial charge on any atom is 0.0771 e. The number of hydrogen-bond donors (Lipinski definition) is 2. The van der Waals surface area contributed by atoms with Crippen molar-refractivity contribution in [2.45, 2.75) is 45.3 Å². The van der Waals surface area contributed by atoms with Crippen molar-refractivity contribution in [3.63, 3.8) is 0 Å². The van der Waals surface area contributed by atoms with Gasteiger partial charge in [-0.3, -0.25) is 0 Å². The van der Waals surface area contributed by atoms with Crippen LogP contribution in [0.15, 0.2) is 24.3 Å². The first-order chi connectivity index (χ1) is 9.17. The second-order valence-electron chi connectivity index (χ2n) is 5.52. The Morgan fingerprint density at radius 2 is 1.79 bits per heavy atom. The lowest BCUT2D eigenvalue weighted by Crippen LogP contribution is -2.45. The first-order valence-electron chi connectivity index (χ1n) is 7.44. The van der Waals surface area contributed by atoms with Crippen LogP contribution in [0.4, 0.5) is 5.69 Å². The maximum atomic E-state index is 10.00. The lowest BCUT2D eigenvalue weighted by molar-refractivity contribution is -0.0314. The molecule has 0 radical (unpaired) electrons. The zero-order valence-corrected chi connectivity index (χ0v) is 12.2. The van der Waals surface area contributed by atoms with Crippen molar-refractivity contribution in [1.82, 2.24) is 5.32 Å². The molecular weight excluding hydrogens is 236 g/mol. The van der Waals surface area contributed by atoms with E-state index in [1.54, 1.807) is 0 Å². The smallest absolute Gasteiger partial charge is 0.0771 e. The Hall–Kier alpha value is -1.06. The molecule has 1 aliphatic rings. The van der Waals surface area contributed by atoms with Crippen LogP contribution in [0.1, 0.15) is 38.7 Å². The van der Waals surface area contributed by atoms with Crippen LogP contribution < -0.4 is 10.2 Å². The fourth-order valence-corrected chi connectivity index (χ4v) is 2.61. The molecule has 0 saturated heterocycles.